The summed E-state index contributed by atoms with van der Waals surface area (Å²) < 4.78 is 0. The van der Waals surface area contributed by atoms with Crippen molar-refractivity contribution < 1.29 is 29.1 Å². The molecule has 0 heterocycles. The lowest BCUT2D eigenvalue weighted by Crippen LogP contribution is -2.30. The smallest absolute Gasteiger partial charge is 0.298 e. The molecular formula is C18H34O6. The van der Waals surface area contributed by atoms with Crippen LogP contribution < -0.4 is 0 Å². The summed E-state index contributed by atoms with van der Waals surface area (Å²) in [4.78, 5) is 44.4. The molecule has 0 radical (unpaired) electrons. The first-order chi connectivity index (χ1) is 10.9. The van der Waals surface area contributed by atoms with Crippen molar-refractivity contribution in [1.82, 2.24) is 0 Å². The lowest BCUT2D eigenvalue weighted by molar-refractivity contribution is -0.326. The van der Waals surface area contributed by atoms with Gasteiger partial charge < -0.3 is 0 Å². The molecule has 0 aliphatic heterocycles. The van der Waals surface area contributed by atoms with Crippen LogP contribution in [0.15, 0.2) is 0 Å². The zero-order valence-electron chi connectivity index (χ0n) is 16.4. The van der Waals surface area contributed by atoms with Crippen molar-refractivity contribution in [1.29, 1.82) is 0 Å². The molecule has 0 spiro atoms. The van der Waals surface area contributed by atoms with E-state index in [0.717, 1.165) is 6.42 Å². The van der Waals surface area contributed by atoms with Crippen molar-refractivity contribution >= 4 is 11.9 Å². The summed E-state index contributed by atoms with van der Waals surface area (Å²) in [7, 11) is 0. The molecule has 0 aliphatic rings. The number of carbonyl (C=O) groups is 2. The Morgan fingerprint density at radius 1 is 0.792 bits per heavy atom. The highest BCUT2D eigenvalue weighted by Gasteiger charge is 2.30. The molecule has 0 saturated heterocycles. The Hall–Kier alpha value is -1.14. The molecular weight excluding hydrogens is 312 g/mol. The maximum Gasteiger partial charge on any atom is 0.345 e. The maximum absolute atomic E-state index is 12.2. The summed E-state index contributed by atoms with van der Waals surface area (Å²) in [6.07, 6.45) is 2.33. The lowest BCUT2D eigenvalue weighted by atomic mass is 9.90. The second kappa shape index (κ2) is 9.99. The van der Waals surface area contributed by atoms with Gasteiger partial charge in [-0.05, 0) is 60.8 Å². The van der Waals surface area contributed by atoms with Crippen molar-refractivity contribution in [2.45, 2.75) is 92.3 Å². The van der Waals surface area contributed by atoms with Gasteiger partial charge in [0, 0.05) is 0 Å². The molecule has 24 heavy (non-hydrogen) atoms. The third kappa shape index (κ3) is 10.6. The second-order valence-corrected chi connectivity index (χ2v) is 8.02. The highest BCUT2D eigenvalue weighted by Crippen LogP contribution is 2.24. The van der Waals surface area contributed by atoms with E-state index in [4.69, 9.17) is 19.6 Å². The molecule has 2 atom stereocenters. The quantitative estimate of drug-likeness (QED) is 0.456. The fourth-order valence-corrected chi connectivity index (χ4v) is 1.92. The molecule has 2 unspecified atom stereocenters. The van der Waals surface area contributed by atoms with Gasteiger partial charge in [-0.25, -0.2) is 9.59 Å². The third-order valence-electron chi connectivity index (χ3n) is 3.11. The van der Waals surface area contributed by atoms with E-state index in [2.05, 4.69) is 0 Å². The minimum Gasteiger partial charge on any atom is -0.298 e. The number of carbonyl (C=O) groups excluding carboxylic acids is 2. The first kappa shape index (κ1) is 22.9. The van der Waals surface area contributed by atoms with E-state index in [1.165, 1.54) is 0 Å². The fraction of sp³-hybridized carbons (Fsp3) is 0.889. The van der Waals surface area contributed by atoms with Crippen LogP contribution in [0.3, 0.4) is 0 Å². The van der Waals surface area contributed by atoms with Gasteiger partial charge in [-0.2, -0.15) is 9.78 Å². The summed E-state index contributed by atoms with van der Waals surface area (Å²) in [5.74, 6) is -1.75. The van der Waals surface area contributed by atoms with Crippen molar-refractivity contribution in [3.05, 3.63) is 0 Å². The monoisotopic (exact) mass is 346 g/mol. The Balaban J connectivity index is 4.74. The minimum absolute atomic E-state index is 0.350. The molecule has 142 valence electrons. The van der Waals surface area contributed by atoms with Gasteiger partial charge in [0.1, 0.15) is 11.2 Å². The standard InChI is InChI=1S/C18H34O6/c1-9-11-14(16(20)22-24-18(6,7)8)12-13(10-2)15(19)21-23-17(3,4)5/h13-14H,9-12H2,1-8H3. The Morgan fingerprint density at radius 2 is 1.21 bits per heavy atom. The summed E-state index contributed by atoms with van der Waals surface area (Å²) in [6, 6.07) is 0. The van der Waals surface area contributed by atoms with Gasteiger partial charge in [0.05, 0.1) is 11.8 Å². The Morgan fingerprint density at radius 3 is 1.54 bits per heavy atom. The van der Waals surface area contributed by atoms with Gasteiger partial charge in [-0.15, -0.1) is 0 Å². The molecule has 0 aromatic carbocycles. The van der Waals surface area contributed by atoms with Crippen LogP contribution in [0.25, 0.3) is 0 Å². The van der Waals surface area contributed by atoms with Crippen LogP contribution in [-0.4, -0.2) is 23.1 Å². The Labute approximate surface area is 146 Å². The topological polar surface area (TPSA) is 71.1 Å². The number of rotatable bonds is 9. The summed E-state index contributed by atoms with van der Waals surface area (Å²) in [5.41, 5.74) is -1.15. The molecule has 0 fully saturated rings. The molecule has 0 N–H and O–H groups in total. The van der Waals surface area contributed by atoms with E-state index < -0.39 is 35.0 Å². The second-order valence-electron chi connectivity index (χ2n) is 8.02. The summed E-state index contributed by atoms with van der Waals surface area (Å²) in [5, 5.41) is 0. The van der Waals surface area contributed by atoms with Crippen molar-refractivity contribution in [3.63, 3.8) is 0 Å². The lowest BCUT2D eigenvalue weighted by Gasteiger charge is -2.23. The third-order valence-corrected chi connectivity index (χ3v) is 3.11. The van der Waals surface area contributed by atoms with Crippen LogP contribution in [0.2, 0.25) is 0 Å². The van der Waals surface area contributed by atoms with Crippen LogP contribution in [0.1, 0.15) is 81.1 Å². The molecule has 0 amide bonds. The average molecular weight is 346 g/mol. The zero-order valence-corrected chi connectivity index (χ0v) is 16.4. The molecule has 6 heteroatoms. The first-order valence-electron chi connectivity index (χ1n) is 8.68. The van der Waals surface area contributed by atoms with Gasteiger partial charge in [0.2, 0.25) is 0 Å². The van der Waals surface area contributed by atoms with Gasteiger partial charge in [0.25, 0.3) is 0 Å². The number of hydrogen-bond acceptors (Lipinski definition) is 6. The summed E-state index contributed by atoms with van der Waals surface area (Å²) >= 11 is 0. The van der Waals surface area contributed by atoms with Crippen molar-refractivity contribution in [2.75, 3.05) is 0 Å². The van der Waals surface area contributed by atoms with Crippen molar-refractivity contribution in [2.24, 2.45) is 11.8 Å². The van der Waals surface area contributed by atoms with E-state index in [1.807, 2.05) is 13.8 Å². The predicted molar refractivity (Wildman–Crippen MR) is 90.7 cm³/mol. The van der Waals surface area contributed by atoms with Gasteiger partial charge >= 0.3 is 11.9 Å². The molecule has 0 bridgehead atoms. The molecule has 0 aromatic heterocycles. The minimum atomic E-state index is -0.573. The largest absolute Gasteiger partial charge is 0.345 e. The van der Waals surface area contributed by atoms with E-state index >= 15 is 0 Å². The molecule has 0 saturated carbocycles. The molecule has 6 nitrogen and oxygen atoms in total. The Bertz CT molecular complexity index is 391. The SMILES string of the molecule is CCCC(CC(CC)C(=O)OOC(C)(C)C)C(=O)OOC(C)(C)C. The maximum atomic E-state index is 12.2. The molecule has 0 aliphatic carbocycles. The van der Waals surface area contributed by atoms with Crippen LogP contribution >= 0.6 is 0 Å². The van der Waals surface area contributed by atoms with Crippen LogP contribution in [-0.2, 0) is 29.1 Å². The van der Waals surface area contributed by atoms with Gasteiger partial charge in [-0.3, -0.25) is 9.78 Å². The normalized spacial score (nSPS) is 14.8. The average Bonchev–Trinajstić information content (AvgIpc) is 2.45. The first-order valence-corrected chi connectivity index (χ1v) is 8.68. The highest BCUT2D eigenvalue weighted by molar-refractivity contribution is 5.75. The van der Waals surface area contributed by atoms with Crippen LogP contribution in [0.4, 0.5) is 0 Å². The number of hydrogen-bond donors (Lipinski definition) is 0. The highest BCUT2D eigenvalue weighted by atomic mass is 17.2. The van der Waals surface area contributed by atoms with Crippen LogP contribution in [0, 0.1) is 11.8 Å². The summed E-state index contributed by atoms with van der Waals surface area (Å²) in [6.45, 7) is 14.6. The molecule has 0 rings (SSSR count). The van der Waals surface area contributed by atoms with Gasteiger partial charge in [-0.1, -0.05) is 20.3 Å². The van der Waals surface area contributed by atoms with E-state index in [0.29, 0.717) is 19.3 Å². The van der Waals surface area contributed by atoms with Crippen LogP contribution in [0.5, 0.6) is 0 Å². The molecule has 0 aromatic rings. The van der Waals surface area contributed by atoms with Crippen molar-refractivity contribution in [3.8, 4) is 0 Å². The van der Waals surface area contributed by atoms with Gasteiger partial charge in [0.15, 0.2) is 0 Å². The van der Waals surface area contributed by atoms with E-state index in [-0.39, 0.29) is 0 Å². The predicted octanol–water partition coefficient (Wildman–Crippen LogP) is 4.37. The zero-order chi connectivity index (χ0) is 19.0. The Kier molecular flexibility index (Phi) is 9.51. The fourth-order valence-electron chi connectivity index (χ4n) is 1.92. The van der Waals surface area contributed by atoms with E-state index in [9.17, 15) is 9.59 Å². The van der Waals surface area contributed by atoms with E-state index in [1.54, 1.807) is 41.5 Å².